The van der Waals surface area contributed by atoms with Gasteiger partial charge in [-0.2, -0.15) is 13.2 Å². The van der Waals surface area contributed by atoms with Crippen molar-refractivity contribution >= 4 is 17.7 Å². The lowest BCUT2D eigenvalue weighted by molar-refractivity contribution is -0.192. The Hall–Kier alpha value is -3.34. The van der Waals surface area contributed by atoms with Gasteiger partial charge in [-0.1, -0.05) is 18.2 Å². The lowest BCUT2D eigenvalue weighted by atomic mass is 9.71. The molecule has 1 spiro atoms. The fourth-order valence-corrected chi connectivity index (χ4v) is 5.68. The van der Waals surface area contributed by atoms with E-state index in [1.165, 1.54) is 24.0 Å². The highest BCUT2D eigenvalue weighted by atomic mass is 19.4. The summed E-state index contributed by atoms with van der Waals surface area (Å²) in [7, 11) is 0. The van der Waals surface area contributed by atoms with Gasteiger partial charge in [0.2, 0.25) is 0 Å². The topological polar surface area (TPSA) is 109 Å². The minimum atomic E-state index is -5.08. The van der Waals surface area contributed by atoms with Gasteiger partial charge in [0.15, 0.2) is 0 Å². The lowest BCUT2D eigenvalue weighted by Gasteiger charge is -2.47. The van der Waals surface area contributed by atoms with Crippen molar-refractivity contribution < 1.29 is 32.6 Å². The van der Waals surface area contributed by atoms with Crippen LogP contribution in [0.5, 0.6) is 5.75 Å². The molecule has 39 heavy (non-hydrogen) atoms. The Balaban J connectivity index is 0.000000448. The molecule has 4 heterocycles. The van der Waals surface area contributed by atoms with Gasteiger partial charge >= 0.3 is 12.1 Å². The summed E-state index contributed by atoms with van der Waals surface area (Å²) in [6.07, 6.45) is 2.08. The third-order valence-corrected chi connectivity index (χ3v) is 7.91. The smallest absolute Gasteiger partial charge is 0.487 e. The number of alkyl halides is 3. The first-order valence-electron chi connectivity index (χ1n) is 13.1. The van der Waals surface area contributed by atoms with Crippen LogP contribution in [0.15, 0.2) is 36.5 Å². The first-order chi connectivity index (χ1) is 18.3. The molecule has 1 amide bonds. The van der Waals surface area contributed by atoms with Crippen molar-refractivity contribution in [2.24, 2.45) is 5.41 Å². The number of ether oxygens (including phenoxy) is 1. The van der Waals surface area contributed by atoms with Crippen molar-refractivity contribution in [3.05, 3.63) is 53.2 Å². The largest absolute Gasteiger partial charge is 0.490 e. The van der Waals surface area contributed by atoms with Gasteiger partial charge in [-0.3, -0.25) is 9.69 Å². The number of nitrogens with two attached hydrogens (primary N) is 1. The zero-order valence-corrected chi connectivity index (χ0v) is 22.3. The Bertz CT molecular complexity index is 1200. The molecule has 0 bridgehead atoms. The van der Waals surface area contributed by atoms with E-state index in [-0.39, 0.29) is 11.5 Å². The molecule has 3 N–H and O–H groups in total. The highest BCUT2D eigenvalue weighted by molar-refractivity contribution is 5.98. The first kappa shape index (κ1) is 28.7. The number of carboxylic acid groups (broad SMARTS) is 1. The predicted molar refractivity (Wildman–Crippen MR) is 139 cm³/mol. The van der Waals surface area contributed by atoms with Crippen LogP contribution < -0.4 is 10.5 Å². The minimum absolute atomic E-state index is 0.0174. The molecule has 0 saturated carbocycles. The molecule has 2 saturated heterocycles. The number of anilines is 1. The summed E-state index contributed by atoms with van der Waals surface area (Å²) in [6.45, 7) is 9.13. The number of carbonyl (C=O) groups excluding carboxylic acids is 1. The van der Waals surface area contributed by atoms with E-state index in [0.29, 0.717) is 16.8 Å². The summed E-state index contributed by atoms with van der Waals surface area (Å²) in [5.74, 6) is -1.30. The van der Waals surface area contributed by atoms with E-state index in [1.54, 1.807) is 18.3 Å². The van der Waals surface area contributed by atoms with Gasteiger partial charge in [-0.05, 0) is 75.7 Å². The number of halogens is 3. The summed E-state index contributed by atoms with van der Waals surface area (Å²) in [4.78, 5) is 30.4. The number of rotatable bonds is 3. The number of hydrogen-bond acceptors (Lipinski definition) is 6. The molecule has 1 aromatic carbocycles. The first-order valence-corrected chi connectivity index (χ1v) is 13.1. The predicted octanol–water partition coefficient (Wildman–Crippen LogP) is 4.53. The number of fused-ring (bicyclic) bond motifs is 1. The number of nitrogen functional groups attached to an aromatic ring is 1. The molecule has 3 aliphatic heterocycles. The standard InChI is InChI=1S/C26H34N4O2.C2HF3O2/c1-25(2)17-19-5-3-6-20(22(19)32-25)18-29-13-8-26(9-14-29)10-15-30(16-11-26)24(31)21-7-4-12-28-23(21)27;3-2(4,5)1(6)7/h3-7,12H,8-11,13-18H2,1-2H3,(H2,27,28);(H,6,7). The molecule has 0 unspecified atom stereocenters. The van der Waals surface area contributed by atoms with Crippen molar-refractivity contribution in [2.75, 3.05) is 31.9 Å². The second-order valence-corrected chi connectivity index (χ2v) is 11.3. The summed E-state index contributed by atoms with van der Waals surface area (Å²) >= 11 is 0. The second kappa shape index (κ2) is 11.0. The number of likely N-dealkylation sites (tertiary alicyclic amines) is 2. The highest BCUT2D eigenvalue weighted by Crippen LogP contribution is 2.43. The van der Waals surface area contributed by atoms with Crippen molar-refractivity contribution in [3.63, 3.8) is 0 Å². The molecule has 11 heteroatoms. The molecule has 2 fully saturated rings. The van der Waals surface area contributed by atoms with Gasteiger partial charge in [0.25, 0.3) is 5.91 Å². The minimum Gasteiger partial charge on any atom is -0.487 e. The van der Waals surface area contributed by atoms with E-state index in [1.807, 2.05) is 4.90 Å². The van der Waals surface area contributed by atoms with Crippen molar-refractivity contribution in [2.45, 2.75) is 64.3 Å². The van der Waals surface area contributed by atoms with Crippen LogP contribution in [0.3, 0.4) is 0 Å². The molecule has 1 aromatic heterocycles. The number of para-hydroxylation sites is 1. The molecule has 0 radical (unpaired) electrons. The average molecular weight is 549 g/mol. The number of piperidine rings is 2. The number of carboxylic acids is 1. The molecule has 0 atom stereocenters. The van der Waals surface area contributed by atoms with Gasteiger partial charge in [-0.25, -0.2) is 9.78 Å². The van der Waals surface area contributed by atoms with Crippen molar-refractivity contribution in [3.8, 4) is 5.75 Å². The van der Waals surface area contributed by atoms with Gasteiger partial charge in [0.05, 0.1) is 5.56 Å². The highest BCUT2D eigenvalue weighted by Gasteiger charge is 2.40. The molecule has 0 aliphatic carbocycles. The Kier molecular flexibility index (Phi) is 8.11. The third kappa shape index (κ3) is 6.81. The lowest BCUT2D eigenvalue weighted by Crippen LogP contribution is -2.48. The van der Waals surface area contributed by atoms with Crippen LogP contribution in [0.2, 0.25) is 0 Å². The molecular weight excluding hydrogens is 513 g/mol. The zero-order valence-electron chi connectivity index (χ0n) is 22.3. The second-order valence-electron chi connectivity index (χ2n) is 11.3. The number of aliphatic carboxylic acids is 1. The number of nitrogens with zero attached hydrogens (tertiary/aromatic N) is 3. The monoisotopic (exact) mass is 548 g/mol. The Morgan fingerprint density at radius 1 is 1.05 bits per heavy atom. The Morgan fingerprint density at radius 2 is 1.67 bits per heavy atom. The Labute approximate surface area is 225 Å². The number of pyridine rings is 1. The van der Waals surface area contributed by atoms with Gasteiger partial charge in [0.1, 0.15) is 17.2 Å². The summed E-state index contributed by atoms with van der Waals surface area (Å²) in [6, 6.07) is 10.1. The molecular formula is C28H35F3N4O4. The van der Waals surface area contributed by atoms with Crippen molar-refractivity contribution in [1.29, 1.82) is 0 Å². The maximum atomic E-state index is 12.9. The molecule has 212 valence electrons. The van der Waals surface area contributed by atoms with Crippen LogP contribution in [-0.2, 0) is 17.8 Å². The normalized spacial score (nSPS) is 20.0. The Morgan fingerprint density at radius 3 is 2.26 bits per heavy atom. The summed E-state index contributed by atoms with van der Waals surface area (Å²) in [5.41, 5.74) is 9.37. The van der Waals surface area contributed by atoms with E-state index in [2.05, 4.69) is 41.9 Å². The molecule has 5 rings (SSSR count). The number of carbonyl (C=O) groups is 2. The van der Waals surface area contributed by atoms with Crippen LogP contribution in [0.1, 0.15) is 61.0 Å². The van der Waals surface area contributed by atoms with Crippen LogP contribution in [0.25, 0.3) is 0 Å². The fourth-order valence-electron chi connectivity index (χ4n) is 5.68. The van der Waals surface area contributed by atoms with E-state index in [9.17, 15) is 18.0 Å². The molecule has 2 aromatic rings. The summed E-state index contributed by atoms with van der Waals surface area (Å²) < 4.78 is 38.0. The van der Waals surface area contributed by atoms with E-state index >= 15 is 0 Å². The molecule has 8 nitrogen and oxygen atoms in total. The summed E-state index contributed by atoms with van der Waals surface area (Å²) in [5, 5.41) is 7.12. The van der Waals surface area contributed by atoms with Crippen LogP contribution in [0, 0.1) is 5.41 Å². The average Bonchev–Trinajstić information content (AvgIpc) is 3.21. The fraction of sp³-hybridized carbons (Fsp3) is 0.536. The number of benzene rings is 1. The van der Waals surface area contributed by atoms with Gasteiger partial charge in [-0.15, -0.1) is 0 Å². The number of aromatic nitrogens is 1. The van der Waals surface area contributed by atoms with Crippen molar-refractivity contribution in [1.82, 2.24) is 14.8 Å². The van der Waals surface area contributed by atoms with E-state index in [4.69, 9.17) is 20.4 Å². The number of hydrogen-bond donors (Lipinski definition) is 2. The van der Waals surface area contributed by atoms with E-state index < -0.39 is 12.1 Å². The maximum absolute atomic E-state index is 12.9. The van der Waals surface area contributed by atoms with Crippen LogP contribution >= 0.6 is 0 Å². The third-order valence-electron chi connectivity index (χ3n) is 7.91. The van der Waals surface area contributed by atoms with E-state index in [0.717, 1.165) is 57.7 Å². The SMILES string of the molecule is CC1(C)Cc2cccc(CN3CCC4(CC3)CCN(C(=O)c3cccnc3N)CC4)c2O1.O=C(O)C(F)(F)F. The number of amides is 1. The maximum Gasteiger partial charge on any atom is 0.490 e. The van der Waals surface area contributed by atoms with Gasteiger partial charge < -0.3 is 20.5 Å². The van der Waals surface area contributed by atoms with Crippen LogP contribution in [0.4, 0.5) is 19.0 Å². The zero-order chi connectivity index (χ0) is 28.4. The molecule has 3 aliphatic rings. The van der Waals surface area contributed by atoms with Gasteiger partial charge in [0, 0.05) is 37.8 Å². The van der Waals surface area contributed by atoms with Crippen LogP contribution in [-0.4, -0.2) is 69.7 Å². The quantitative estimate of drug-likeness (QED) is 0.580.